The number of halogens is 1. The van der Waals surface area contributed by atoms with Crippen molar-refractivity contribution >= 4 is 11.6 Å². The Morgan fingerprint density at radius 1 is 1.21 bits per heavy atom. The highest BCUT2D eigenvalue weighted by Crippen LogP contribution is 2.20. The third-order valence-electron chi connectivity index (χ3n) is 4.09. The van der Waals surface area contributed by atoms with Gasteiger partial charge in [-0.1, -0.05) is 23.7 Å². The maximum atomic E-state index is 6.05. The van der Waals surface area contributed by atoms with E-state index in [9.17, 15) is 0 Å². The summed E-state index contributed by atoms with van der Waals surface area (Å²) in [5, 5.41) is 4.56. The van der Waals surface area contributed by atoms with Gasteiger partial charge in [0.15, 0.2) is 0 Å². The molecule has 1 atom stereocenters. The van der Waals surface area contributed by atoms with E-state index in [0.717, 1.165) is 5.02 Å². The van der Waals surface area contributed by atoms with Gasteiger partial charge in [0, 0.05) is 23.1 Å². The van der Waals surface area contributed by atoms with Crippen molar-refractivity contribution in [3.8, 4) is 0 Å². The number of nitrogens with zero attached hydrogens (tertiary/aromatic N) is 1. The molecule has 0 spiro atoms. The van der Waals surface area contributed by atoms with E-state index in [1.54, 1.807) is 0 Å². The van der Waals surface area contributed by atoms with Crippen molar-refractivity contribution in [2.24, 2.45) is 0 Å². The molecule has 1 aromatic rings. The maximum Gasteiger partial charge on any atom is 0.0409 e. The molecule has 106 valence electrons. The van der Waals surface area contributed by atoms with E-state index >= 15 is 0 Å². The van der Waals surface area contributed by atoms with Gasteiger partial charge in [-0.15, -0.1) is 0 Å². The van der Waals surface area contributed by atoms with Gasteiger partial charge in [-0.05, 0) is 64.4 Å². The van der Waals surface area contributed by atoms with Crippen LogP contribution in [-0.2, 0) is 0 Å². The second-order valence-electron chi connectivity index (χ2n) is 5.85. The fraction of sp³-hybridized carbons (Fsp3) is 0.625. The van der Waals surface area contributed by atoms with Crippen molar-refractivity contribution in [2.45, 2.75) is 51.7 Å². The Morgan fingerprint density at radius 2 is 1.89 bits per heavy atom. The molecular formula is C16H25ClN2. The quantitative estimate of drug-likeness (QED) is 0.901. The zero-order valence-electron chi connectivity index (χ0n) is 12.2. The van der Waals surface area contributed by atoms with Crippen LogP contribution >= 0.6 is 11.6 Å². The fourth-order valence-corrected chi connectivity index (χ4v) is 3.01. The van der Waals surface area contributed by atoms with Crippen LogP contribution in [0.3, 0.4) is 0 Å². The third-order valence-corrected chi connectivity index (χ3v) is 4.33. The summed E-state index contributed by atoms with van der Waals surface area (Å²) >= 11 is 6.05. The van der Waals surface area contributed by atoms with Crippen LogP contribution < -0.4 is 5.32 Å². The van der Waals surface area contributed by atoms with Crippen LogP contribution in [0.1, 0.15) is 45.2 Å². The van der Waals surface area contributed by atoms with Crippen LogP contribution in [0.15, 0.2) is 24.3 Å². The highest BCUT2D eigenvalue weighted by atomic mass is 35.5. The van der Waals surface area contributed by atoms with Gasteiger partial charge in [-0.3, -0.25) is 0 Å². The summed E-state index contributed by atoms with van der Waals surface area (Å²) in [5.41, 5.74) is 1.28. The number of hydrogen-bond donors (Lipinski definition) is 1. The molecule has 19 heavy (non-hydrogen) atoms. The van der Waals surface area contributed by atoms with E-state index in [2.05, 4.69) is 43.1 Å². The van der Waals surface area contributed by atoms with Crippen molar-refractivity contribution in [3.63, 3.8) is 0 Å². The van der Waals surface area contributed by atoms with Gasteiger partial charge in [0.1, 0.15) is 0 Å². The molecule has 0 radical (unpaired) electrons. The van der Waals surface area contributed by atoms with Crippen LogP contribution in [0.4, 0.5) is 0 Å². The number of likely N-dealkylation sites (tertiary alicyclic amines) is 1. The number of nitrogens with one attached hydrogen (secondary N) is 1. The standard InChI is InChI=1S/C16H25ClN2/c1-12(2)19-9-7-16(8-10-19)18-13(3)14-5-4-6-15(17)11-14/h4-6,11-13,16,18H,7-10H2,1-3H3/t13-/m0/s1. The molecule has 0 aromatic heterocycles. The first kappa shape index (κ1) is 14.8. The molecule has 0 saturated carbocycles. The molecule has 0 amide bonds. The highest BCUT2D eigenvalue weighted by molar-refractivity contribution is 6.30. The predicted molar refractivity (Wildman–Crippen MR) is 82.7 cm³/mol. The Labute approximate surface area is 122 Å². The molecular weight excluding hydrogens is 256 g/mol. The van der Waals surface area contributed by atoms with Crippen LogP contribution in [0.5, 0.6) is 0 Å². The number of piperidine rings is 1. The Morgan fingerprint density at radius 3 is 2.47 bits per heavy atom. The summed E-state index contributed by atoms with van der Waals surface area (Å²) in [7, 11) is 0. The van der Waals surface area contributed by atoms with E-state index in [-0.39, 0.29) is 0 Å². The highest BCUT2D eigenvalue weighted by Gasteiger charge is 2.22. The van der Waals surface area contributed by atoms with Gasteiger partial charge in [-0.25, -0.2) is 0 Å². The van der Waals surface area contributed by atoms with Gasteiger partial charge >= 0.3 is 0 Å². The van der Waals surface area contributed by atoms with Gasteiger partial charge in [0.05, 0.1) is 0 Å². The first-order valence-electron chi connectivity index (χ1n) is 7.32. The average molecular weight is 281 g/mol. The lowest BCUT2D eigenvalue weighted by atomic mass is 10.0. The summed E-state index contributed by atoms with van der Waals surface area (Å²) in [5.74, 6) is 0. The molecule has 1 heterocycles. The Bertz CT molecular complexity index is 397. The molecule has 0 unspecified atom stereocenters. The molecule has 1 fully saturated rings. The molecule has 1 aromatic carbocycles. The molecule has 3 heteroatoms. The minimum Gasteiger partial charge on any atom is -0.307 e. The van der Waals surface area contributed by atoms with Crippen LogP contribution in [-0.4, -0.2) is 30.1 Å². The molecule has 2 nitrogen and oxygen atoms in total. The van der Waals surface area contributed by atoms with Crippen LogP contribution in [0, 0.1) is 0 Å². The van der Waals surface area contributed by atoms with Gasteiger partial charge in [-0.2, -0.15) is 0 Å². The number of hydrogen-bond acceptors (Lipinski definition) is 2. The van der Waals surface area contributed by atoms with Crippen LogP contribution in [0.2, 0.25) is 5.02 Å². The Kier molecular flexibility index (Phi) is 5.26. The first-order valence-corrected chi connectivity index (χ1v) is 7.69. The molecule has 0 bridgehead atoms. The third kappa shape index (κ3) is 4.20. The average Bonchev–Trinajstić information content (AvgIpc) is 2.39. The molecule has 1 aliphatic rings. The van der Waals surface area contributed by atoms with E-state index in [0.29, 0.717) is 18.1 Å². The summed E-state index contributed by atoms with van der Waals surface area (Å²) in [6, 6.07) is 9.83. The van der Waals surface area contributed by atoms with Crippen molar-refractivity contribution in [2.75, 3.05) is 13.1 Å². The zero-order chi connectivity index (χ0) is 13.8. The molecule has 1 N–H and O–H groups in total. The van der Waals surface area contributed by atoms with E-state index in [4.69, 9.17) is 11.6 Å². The Balaban J connectivity index is 1.85. The van der Waals surface area contributed by atoms with Crippen LogP contribution in [0.25, 0.3) is 0 Å². The minimum absolute atomic E-state index is 0.370. The lowest BCUT2D eigenvalue weighted by Gasteiger charge is -2.36. The van der Waals surface area contributed by atoms with Gasteiger partial charge in [0.2, 0.25) is 0 Å². The lowest BCUT2D eigenvalue weighted by Crippen LogP contribution is -2.45. The predicted octanol–water partition coefficient (Wildman–Crippen LogP) is 3.86. The topological polar surface area (TPSA) is 15.3 Å². The largest absolute Gasteiger partial charge is 0.307 e. The lowest BCUT2D eigenvalue weighted by molar-refractivity contribution is 0.157. The summed E-state index contributed by atoms with van der Waals surface area (Å²) < 4.78 is 0. The van der Waals surface area contributed by atoms with Crippen molar-refractivity contribution in [1.29, 1.82) is 0 Å². The summed E-state index contributed by atoms with van der Waals surface area (Å²) in [6.45, 7) is 9.19. The molecule has 0 aliphatic carbocycles. The molecule has 2 rings (SSSR count). The Hall–Kier alpha value is -0.570. The fourth-order valence-electron chi connectivity index (χ4n) is 2.81. The van der Waals surface area contributed by atoms with Gasteiger partial charge < -0.3 is 10.2 Å². The first-order chi connectivity index (χ1) is 9.06. The minimum atomic E-state index is 0.370. The van der Waals surface area contributed by atoms with E-state index in [1.807, 2.05) is 12.1 Å². The summed E-state index contributed by atoms with van der Waals surface area (Å²) in [6.07, 6.45) is 2.48. The molecule has 1 saturated heterocycles. The maximum absolute atomic E-state index is 6.05. The van der Waals surface area contributed by atoms with Crippen molar-refractivity contribution in [1.82, 2.24) is 10.2 Å². The van der Waals surface area contributed by atoms with Gasteiger partial charge in [0.25, 0.3) is 0 Å². The second-order valence-corrected chi connectivity index (χ2v) is 6.28. The van der Waals surface area contributed by atoms with Crippen molar-refractivity contribution in [3.05, 3.63) is 34.9 Å². The normalized spacial score (nSPS) is 19.8. The smallest absolute Gasteiger partial charge is 0.0409 e. The zero-order valence-corrected chi connectivity index (χ0v) is 13.0. The van der Waals surface area contributed by atoms with E-state index in [1.165, 1.54) is 31.5 Å². The number of rotatable bonds is 4. The van der Waals surface area contributed by atoms with E-state index < -0.39 is 0 Å². The SMILES string of the molecule is CC(C)N1CCC(N[C@@H](C)c2cccc(Cl)c2)CC1. The van der Waals surface area contributed by atoms with Crippen molar-refractivity contribution < 1.29 is 0 Å². The number of benzene rings is 1. The summed E-state index contributed by atoms with van der Waals surface area (Å²) in [4.78, 5) is 2.56. The second kappa shape index (κ2) is 6.74. The monoisotopic (exact) mass is 280 g/mol. The molecule has 1 aliphatic heterocycles.